The van der Waals surface area contributed by atoms with Crippen LogP contribution in [0.2, 0.25) is 0 Å². The average Bonchev–Trinajstić information content (AvgIpc) is 2.84. The highest BCUT2D eigenvalue weighted by Gasteiger charge is 2.36. The number of hydrogen-bond donors (Lipinski definition) is 1. The van der Waals surface area contributed by atoms with Crippen molar-refractivity contribution in [1.82, 2.24) is 4.98 Å². The zero-order chi connectivity index (χ0) is 25.0. The second-order valence-electron chi connectivity index (χ2n) is 7.22. The fourth-order valence-corrected chi connectivity index (χ4v) is 3.21. The van der Waals surface area contributed by atoms with Gasteiger partial charge in [0.2, 0.25) is 5.84 Å². The van der Waals surface area contributed by atoms with E-state index in [2.05, 4.69) is 15.3 Å². The zero-order valence-electron chi connectivity index (χ0n) is 18.6. The van der Waals surface area contributed by atoms with Crippen molar-refractivity contribution in [2.75, 3.05) is 19.5 Å². The molecular weight excluding hydrogens is 466 g/mol. The first-order valence-corrected chi connectivity index (χ1v) is 10.2. The van der Waals surface area contributed by atoms with E-state index in [9.17, 15) is 17.6 Å². The van der Waals surface area contributed by atoms with E-state index in [1.54, 1.807) is 24.4 Å². The van der Waals surface area contributed by atoms with Gasteiger partial charge in [0.1, 0.15) is 17.3 Å². The minimum absolute atomic E-state index is 0.0391. The molecule has 0 unspecified atom stereocenters. The van der Waals surface area contributed by atoms with E-state index in [1.807, 2.05) is 0 Å². The molecule has 0 aliphatic rings. The van der Waals surface area contributed by atoms with E-state index >= 15 is 0 Å². The Kier molecular flexibility index (Phi) is 6.72. The van der Waals surface area contributed by atoms with Gasteiger partial charge in [0, 0.05) is 23.3 Å². The third kappa shape index (κ3) is 5.60. The molecule has 1 heterocycles. The average molecular weight is 485 g/mol. The Bertz CT molecular complexity index is 1360. The van der Waals surface area contributed by atoms with Gasteiger partial charge in [0.05, 0.1) is 25.4 Å². The molecule has 10 heteroatoms. The number of pyridine rings is 1. The second kappa shape index (κ2) is 9.88. The number of aromatic nitrogens is 1. The van der Waals surface area contributed by atoms with E-state index in [0.29, 0.717) is 33.9 Å². The molecule has 180 valence electrons. The van der Waals surface area contributed by atoms with Crippen LogP contribution in [0.3, 0.4) is 0 Å². The summed E-state index contributed by atoms with van der Waals surface area (Å²) >= 11 is 0. The molecule has 4 aromatic rings. The Morgan fingerprint density at radius 2 is 1.51 bits per heavy atom. The fraction of sp³-hybridized carbons (Fsp3) is 0.120. The number of methoxy groups -OCH3 is 2. The van der Waals surface area contributed by atoms with E-state index in [0.717, 1.165) is 24.3 Å². The van der Waals surface area contributed by atoms with Crippen LogP contribution in [0, 0.1) is 5.82 Å². The third-order valence-corrected chi connectivity index (χ3v) is 4.89. The lowest BCUT2D eigenvalue weighted by Gasteiger charge is -2.14. The van der Waals surface area contributed by atoms with Crippen LogP contribution in [0.15, 0.2) is 77.9 Å². The van der Waals surface area contributed by atoms with Crippen molar-refractivity contribution in [2.45, 2.75) is 6.18 Å². The Hall–Kier alpha value is -4.34. The smallest absolute Gasteiger partial charge is 0.449 e. The van der Waals surface area contributed by atoms with E-state index in [4.69, 9.17) is 14.2 Å². The molecule has 0 bridgehead atoms. The summed E-state index contributed by atoms with van der Waals surface area (Å²) in [6, 6.07) is 15.4. The van der Waals surface area contributed by atoms with Crippen LogP contribution in [-0.4, -0.2) is 31.2 Å². The van der Waals surface area contributed by atoms with Gasteiger partial charge in [-0.05, 0) is 60.7 Å². The minimum Gasteiger partial charge on any atom is -0.493 e. The number of nitrogens with zero attached hydrogens (tertiary/aromatic N) is 2. The maximum Gasteiger partial charge on any atom is 0.449 e. The Morgan fingerprint density at radius 1 is 0.857 bits per heavy atom. The van der Waals surface area contributed by atoms with Crippen LogP contribution in [-0.2, 0) is 0 Å². The number of anilines is 1. The van der Waals surface area contributed by atoms with E-state index < -0.39 is 17.8 Å². The molecule has 6 nitrogen and oxygen atoms in total. The van der Waals surface area contributed by atoms with Gasteiger partial charge >= 0.3 is 6.18 Å². The summed E-state index contributed by atoms with van der Waals surface area (Å²) in [6.45, 7) is 0. The summed E-state index contributed by atoms with van der Waals surface area (Å²) in [5, 5.41) is 2.93. The van der Waals surface area contributed by atoms with Crippen LogP contribution in [0.25, 0.3) is 10.9 Å². The minimum atomic E-state index is -4.75. The summed E-state index contributed by atoms with van der Waals surface area (Å²) in [6.07, 6.45) is -3.18. The summed E-state index contributed by atoms with van der Waals surface area (Å²) in [4.78, 5) is 7.88. The topological polar surface area (TPSA) is 65.0 Å². The highest BCUT2D eigenvalue weighted by Crippen LogP contribution is 2.37. The van der Waals surface area contributed by atoms with Gasteiger partial charge in [-0.2, -0.15) is 13.2 Å². The molecule has 4 rings (SSSR count). The number of nitrogens with one attached hydrogen (secondary N) is 1. The van der Waals surface area contributed by atoms with Gasteiger partial charge in [0.25, 0.3) is 0 Å². The number of alkyl halides is 3. The molecule has 0 radical (unpaired) electrons. The largest absolute Gasteiger partial charge is 0.493 e. The molecule has 1 N–H and O–H groups in total. The summed E-state index contributed by atoms with van der Waals surface area (Å²) in [5.41, 5.74) is 0.717. The lowest BCUT2D eigenvalue weighted by Crippen LogP contribution is -2.30. The lowest BCUT2D eigenvalue weighted by molar-refractivity contribution is -0.0586. The maximum absolute atomic E-state index is 13.5. The summed E-state index contributed by atoms with van der Waals surface area (Å²) in [5.74, 6) is 0.0762. The number of benzene rings is 3. The standard InChI is InChI=1S/C25H19F4N3O3/c1-33-22-13-19-20(14-23(22)34-2)30-12-11-21(19)35-18-9-7-17(8-10-18)32-24(25(27,28)29)31-16-5-3-15(26)4-6-16/h3-14H,1-2H3,(H,31,32). The molecule has 0 aliphatic carbocycles. The molecular formula is C25H19F4N3O3. The number of halogens is 4. The first-order valence-electron chi connectivity index (χ1n) is 10.2. The SMILES string of the molecule is COc1cc2nccc(Oc3ccc(NC(=Nc4ccc(F)cc4)C(F)(F)F)cc3)c2cc1OC. The van der Waals surface area contributed by atoms with Gasteiger partial charge < -0.3 is 19.5 Å². The van der Waals surface area contributed by atoms with Crippen LogP contribution in [0.4, 0.5) is 28.9 Å². The first-order chi connectivity index (χ1) is 16.8. The molecule has 0 atom stereocenters. The van der Waals surface area contributed by atoms with Crippen molar-refractivity contribution in [1.29, 1.82) is 0 Å². The van der Waals surface area contributed by atoms with Crippen molar-refractivity contribution in [3.8, 4) is 23.0 Å². The Balaban J connectivity index is 1.57. The summed E-state index contributed by atoms with van der Waals surface area (Å²) < 4.78 is 70.1. The van der Waals surface area contributed by atoms with Crippen molar-refractivity contribution in [3.05, 3.63) is 78.7 Å². The molecule has 35 heavy (non-hydrogen) atoms. The number of fused-ring (bicyclic) bond motifs is 1. The number of amidine groups is 1. The van der Waals surface area contributed by atoms with Gasteiger partial charge in [-0.1, -0.05) is 0 Å². The third-order valence-electron chi connectivity index (χ3n) is 4.89. The molecule has 0 amide bonds. The maximum atomic E-state index is 13.5. The van der Waals surface area contributed by atoms with Crippen LogP contribution in [0.5, 0.6) is 23.0 Å². The zero-order valence-corrected chi connectivity index (χ0v) is 18.6. The van der Waals surface area contributed by atoms with Crippen LogP contribution < -0.4 is 19.5 Å². The van der Waals surface area contributed by atoms with Crippen molar-refractivity contribution < 1.29 is 31.8 Å². The van der Waals surface area contributed by atoms with E-state index in [-0.39, 0.29) is 11.4 Å². The Morgan fingerprint density at radius 3 is 2.14 bits per heavy atom. The van der Waals surface area contributed by atoms with Crippen molar-refractivity contribution in [3.63, 3.8) is 0 Å². The second-order valence-corrected chi connectivity index (χ2v) is 7.22. The quantitative estimate of drug-likeness (QED) is 0.183. The number of hydrogen-bond acceptors (Lipinski definition) is 5. The molecule has 3 aromatic carbocycles. The van der Waals surface area contributed by atoms with Crippen molar-refractivity contribution >= 4 is 28.1 Å². The molecule has 0 saturated carbocycles. The predicted octanol–water partition coefficient (Wildman–Crippen LogP) is 6.89. The monoisotopic (exact) mass is 485 g/mol. The molecule has 1 aromatic heterocycles. The van der Waals surface area contributed by atoms with Gasteiger partial charge in [0.15, 0.2) is 11.5 Å². The van der Waals surface area contributed by atoms with Crippen LogP contribution >= 0.6 is 0 Å². The van der Waals surface area contributed by atoms with Gasteiger partial charge in [-0.3, -0.25) is 4.98 Å². The van der Waals surface area contributed by atoms with Crippen molar-refractivity contribution in [2.24, 2.45) is 4.99 Å². The number of ether oxygens (including phenoxy) is 3. The predicted molar refractivity (Wildman–Crippen MR) is 125 cm³/mol. The highest BCUT2D eigenvalue weighted by atomic mass is 19.4. The highest BCUT2D eigenvalue weighted by molar-refractivity contribution is 6.01. The number of aliphatic imine (C=N–C) groups is 1. The van der Waals surface area contributed by atoms with Gasteiger partial charge in [-0.15, -0.1) is 0 Å². The Labute approximate surface area is 197 Å². The first kappa shape index (κ1) is 23.8. The number of rotatable bonds is 6. The molecule has 0 fully saturated rings. The normalized spacial score (nSPS) is 11.9. The van der Waals surface area contributed by atoms with Crippen LogP contribution in [0.1, 0.15) is 0 Å². The lowest BCUT2D eigenvalue weighted by atomic mass is 10.2. The molecule has 0 saturated heterocycles. The summed E-state index contributed by atoms with van der Waals surface area (Å²) in [7, 11) is 3.04. The fourth-order valence-electron chi connectivity index (χ4n) is 3.21. The van der Waals surface area contributed by atoms with Gasteiger partial charge in [-0.25, -0.2) is 9.38 Å². The molecule has 0 spiro atoms. The molecule has 0 aliphatic heterocycles. The van der Waals surface area contributed by atoms with E-state index in [1.165, 1.54) is 38.5 Å².